The number of aliphatic hydroxyl groups excluding tert-OH is 1. The number of aliphatic hydroxyl groups is 1. The quantitative estimate of drug-likeness (QED) is 0.213. The molecule has 0 aliphatic carbocycles. The van der Waals surface area contributed by atoms with Gasteiger partial charge in [0.2, 0.25) is 0 Å². The zero-order valence-corrected chi connectivity index (χ0v) is 20.7. The number of benzene rings is 2. The molecule has 0 aliphatic rings. The van der Waals surface area contributed by atoms with Crippen molar-refractivity contribution in [1.29, 1.82) is 0 Å². The van der Waals surface area contributed by atoms with E-state index in [1.807, 2.05) is 6.92 Å². The van der Waals surface area contributed by atoms with E-state index < -0.39 is 10.1 Å². The Morgan fingerprint density at radius 1 is 1.29 bits per heavy atom. The van der Waals surface area contributed by atoms with Gasteiger partial charge in [-0.05, 0) is 44.0 Å². The Bertz CT molecular complexity index is 1200. The van der Waals surface area contributed by atoms with Crippen molar-refractivity contribution in [2.75, 3.05) is 31.6 Å². The molecule has 12 heteroatoms. The van der Waals surface area contributed by atoms with Crippen molar-refractivity contribution in [3.8, 4) is 5.75 Å². The minimum atomic E-state index is -4.02. The summed E-state index contributed by atoms with van der Waals surface area (Å²) in [6, 6.07) is 11.6. The molecule has 1 heterocycles. The highest BCUT2D eigenvalue weighted by molar-refractivity contribution is 7.85. The lowest BCUT2D eigenvalue weighted by atomic mass is 10.2. The van der Waals surface area contributed by atoms with Crippen molar-refractivity contribution < 1.29 is 31.6 Å². The van der Waals surface area contributed by atoms with Crippen LogP contribution in [-0.4, -0.2) is 54.7 Å². The molecular weight excluding hydrogens is 501 g/mol. The molecule has 0 bridgehead atoms. The van der Waals surface area contributed by atoms with Gasteiger partial charge in [-0.25, -0.2) is 4.39 Å². The maximum absolute atomic E-state index is 12.5. The number of fused-ring (bicyclic) bond motifs is 1. The number of hydrogen-bond acceptors (Lipinski definition) is 8. The third kappa shape index (κ3) is 9.82. The Morgan fingerprint density at radius 3 is 2.60 bits per heavy atom. The SMILES string of the molecule is Cc1ccc(S(=O)(=O)O)cc1.NCC(=CF)COc1ccc2nc(NCCC(Cl)CCO)oc2c1. The second kappa shape index (κ2) is 14.0. The van der Waals surface area contributed by atoms with Crippen molar-refractivity contribution in [3.05, 3.63) is 59.9 Å². The summed E-state index contributed by atoms with van der Waals surface area (Å²) in [7, 11) is -4.02. The van der Waals surface area contributed by atoms with E-state index in [1.165, 1.54) is 12.1 Å². The minimum absolute atomic E-state index is 0.0666. The van der Waals surface area contributed by atoms with Gasteiger partial charge in [0.05, 0.1) is 11.2 Å². The number of aromatic nitrogens is 1. The maximum Gasteiger partial charge on any atom is 0.295 e. The largest absolute Gasteiger partial charge is 0.489 e. The van der Waals surface area contributed by atoms with Gasteiger partial charge in [0, 0.05) is 36.7 Å². The van der Waals surface area contributed by atoms with Crippen molar-refractivity contribution in [2.24, 2.45) is 5.73 Å². The molecule has 0 amide bonds. The fourth-order valence-electron chi connectivity index (χ4n) is 2.71. The number of halogens is 2. The standard InChI is InChI=1S/C16H21ClFN3O3.C7H8O3S/c17-12(4-6-22)3-5-20-16-21-14-2-1-13(7-15(14)24-16)23-10-11(8-18)9-19;1-6-2-4-7(5-3-6)11(8,9)10/h1-2,7-8,12,22H,3-6,9-10,19H2,(H,20,21);2-5H,1H3,(H,8,9,10). The Labute approximate surface area is 208 Å². The van der Waals surface area contributed by atoms with Crippen LogP contribution in [0.25, 0.3) is 11.1 Å². The van der Waals surface area contributed by atoms with E-state index >= 15 is 0 Å². The molecule has 0 saturated carbocycles. The molecule has 1 aromatic heterocycles. The number of alkyl halides is 1. The molecule has 0 spiro atoms. The number of aryl methyl sites for hydroxylation is 1. The average Bonchev–Trinajstić information content (AvgIpc) is 3.22. The minimum Gasteiger partial charge on any atom is -0.489 e. The molecule has 3 rings (SSSR count). The first-order chi connectivity index (χ1) is 16.7. The topological polar surface area (TPSA) is 148 Å². The smallest absolute Gasteiger partial charge is 0.295 e. The highest BCUT2D eigenvalue weighted by atomic mass is 35.5. The summed E-state index contributed by atoms with van der Waals surface area (Å²) in [4.78, 5) is 4.24. The lowest BCUT2D eigenvalue weighted by Gasteiger charge is -2.06. The van der Waals surface area contributed by atoms with Gasteiger partial charge in [-0.2, -0.15) is 13.4 Å². The molecule has 2 aromatic carbocycles. The Balaban J connectivity index is 0.000000328. The first-order valence-corrected chi connectivity index (χ1v) is 12.6. The molecule has 9 nitrogen and oxygen atoms in total. The monoisotopic (exact) mass is 529 g/mol. The van der Waals surface area contributed by atoms with E-state index in [9.17, 15) is 12.8 Å². The van der Waals surface area contributed by atoms with E-state index in [-0.39, 0.29) is 30.0 Å². The van der Waals surface area contributed by atoms with Crippen molar-refractivity contribution >= 4 is 38.8 Å². The molecule has 1 atom stereocenters. The predicted octanol–water partition coefficient (Wildman–Crippen LogP) is 4.05. The van der Waals surface area contributed by atoms with Crippen LogP contribution in [0.3, 0.4) is 0 Å². The zero-order valence-electron chi connectivity index (χ0n) is 19.2. The predicted molar refractivity (Wildman–Crippen MR) is 133 cm³/mol. The molecule has 3 aromatic rings. The molecule has 5 N–H and O–H groups in total. The Kier molecular flexibility index (Phi) is 11.4. The molecule has 0 radical (unpaired) electrons. The second-order valence-corrected chi connectivity index (χ2v) is 9.56. The molecule has 35 heavy (non-hydrogen) atoms. The lowest BCUT2D eigenvalue weighted by molar-refractivity contribution is 0.285. The van der Waals surface area contributed by atoms with Crippen molar-refractivity contribution in [1.82, 2.24) is 4.98 Å². The van der Waals surface area contributed by atoms with E-state index in [0.29, 0.717) is 54.2 Å². The lowest BCUT2D eigenvalue weighted by Crippen LogP contribution is -2.10. The van der Waals surface area contributed by atoms with Crippen LogP contribution in [0.1, 0.15) is 18.4 Å². The summed E-state index contributed by atoms with van der Waals surface area (Å²) in [6.45, 7) is 2.69. The fourth-order valence-corrected chi connectivity index (χ4v) is 3.40. The number of hydrogen-bond donors (Lipinski definition) is 4. The van der Waals surface area contributed by atoms with Gasteiger partial charge < -0.3 is 25.3 Å². The van der Waals surface area contributed by atoms with Gasteiger partial charge in [-0.15, -0.1) is 11.6 Å². The molecule has 0 aliphatic heterocycles. The van der Waals surface area contributed by atoms with Gasteiger partial charge >= 0.3 is 0 Å². The first-order valence-electron chi connectivity index (χ1n) is 10.7. The van der Waals surface area contributed by atoms with Crippen LogP contribution < -0.4 is 15.8 Å². The fraction of sp³-hybridized carbons (Fsp3) is 0.348. The van der Waals surface area contributed by atoms with Crippen LogP contribution in [0.4, 0.5) is 10.4 Å². The van der Waals surface area contributed by atoms with Gasteiger partial charge in [0.1, 0.15) is 17.9 Å². The highest BCUT2D eigenvalue weighted by Crippen LogP contribution is 2.24. The van der Waals surface area contributed by atoms with Crippen LogP contribution in [0, 0.1) is 6.92 Å². The summed E-state index contributed by atoms with van der Waals surface area (Å²) in [5.41, 5.74) is 7.95. The van der Waals surface area contributed by atoms with Gasteiger partial charge in [-0.1, -0.05) is 17.7 Å². The number of ether oxygens (including phenoxy) is 1. The third-order valence-electron chi connectivity index (χ3n) is 4.70. The van der Waals surface area contributed by atoms with Crippen LogP contribution in [-0.2, 0) is 10.1 Å². The molecular formula is C23H29ClFN3O6S. The highest BCUT2D eigenvalue weighted by Gasteiger charge is 2.09. The van der Waals surface area contributed by atoms with Crippen LogP contribution in [0.15, 0.2) is 63.7 Å². The maximum atomic E-state index is 12.5. The number of anilines is 1. The number of nitrogens with two attached hydrogens (primary N) is 1. The molecule has 0 saturated heterocycles. The molecule has 0 fully saturated rings. The van der Waals surface area contributed by atoms with Crippen LogP contribution >= 0.6 is 11.6 Å². The third-order valence-corrected chi connectivity index (χ3v) is 6.00. The van der Waals surface area contributed by atoms with Gasteiger partial charge in [-0.3, -0.25) is 4.55 Å². The average molecular weight is 530 g/mol. The summed E-state index contributed by atoms with van der Waals surface area (Å²) < 4.78 is 53.1. The van der Waals surface area contributed by atoms with Gasteiger partial charge in [0.15, 0.2) is 5.58 Å². The van der Waals surface area contributed by atoms with Crippen molar-refractivity contribution in [3.63, 3.8) is 0 Å². The van der Waals surface area contributed by atoms with E-state index in [0.717, 1.165) is 5.56 Å². The number of rotatable bonds is 11. The van der Waals surface area contributed by atoms with E-state index in [4.69, 9.17) is 36.1 Å². The summed E-state index contributed by atoms with van der Waals surface area (Å²) in [6.07, 6.45) is 1.69. The number of nitrogens with zero attached hydrogens (tertiary/aromatic N) is 1. The van der Waals surface area contributed by atoms with Gasteiger partial charge in [0.25, 0.3) is 16.1 Å². The van der Waals surface area contributed by atoms with Crippen LogP contribution in [0.2, 0.25) is 0 Å². The first kappa shape index (κ1) is 28.5. The molecule has 1 unspecified atom stereocenters. The van der Waals surface area contributed by atoms with Crippen molar-refractivity contribution in [2.45, 2.75) is 30.0 Å². The number of nitrogens with one attached hydrogen (secondary N) is 1. The summed E-state index contributed by atoms with van der Waals surface area (Å²) >= 11 is 6.02. The van der Waals surface area contributed by atoms with E-state index in [1.54, 1.807) is 30.3 Å². The number of oxazole rings is 1. The Morgan fingerprint density at radius 2 is 2.00 bits per heavy atom. The van der Waals surface area contributed by atoms with Crippen LogP contribution in [0.5, 0.6) is 5.75 Å². The zero-order chi connectivity index (χ0) is 25.8. The summed E-state index contributed by atoms with van der Waals surface area (Å²) in [5.74, 6) is 0.543. The second-order valence-electron chi connectivity index (χ2n) is 7.52. The normalized spacial score (nSPS) is 12.7. The van der Waals surface area contributed by atoms with E-state index in [2.05, 4.69) is 10.3 Å². The summed E-state index contributed by atoms with van der Waals surface area (Å²) in [5, 5.41) is 11.8. The molecule has 192 valence electrons. The Hall–Kier alpha value is -2.70.